The second-order valence-electron chi connectivity index (χ2n) is 3.60. The summed E-state index contributed by atoms with van der Waals surface area (Å²) in [6.07, 6.45) is 3.28. The highest BCUT2D eigenvalue weighted by Crippen LogP contribution is 1.97. The second kappa shape index (κ2) is 7.67. The lowest BCUT2D eigenvalue weighted by molar-refractivity contribution is -0.137. The zero-order chi connectivity index (χ0) is 12.6. The Morgan fingerprint density at radius 1 is 1.56 bits per heavy atom. The standard InChI is InChI=1S/C6H12O2.C4H7N3O/c1-2-3-4-5-6(7)8;1-7-2-3(8)6-4(7)5/h2-5H2,1H3,(H,7,8);2H2,1H3,(H2,5,6,8). The maximum absolute atomic E-state index is 10.4. The van der Waals surface area contributed by atoms with Gasteiger partial charge >= 0.3 is 5.97 Å². The molecule has 1 heterocycles. The van der Waals surface area contributed by atoms with Gasteiger partial charge in [0, 0.05) is 13.5 Å². The molecule has 0 aliphatic carbocycles. The molecule has 0 radical (unpaired) electrons. The van der Waals surface area contributed by atoms with Crippen molar-refractivity contribution in [3.05, 3.63) is 0 Å². The van der Waals surface area contributed by atoms with Gasteiger partial charge in [0.15, 0.2) is 5.96 Å². The fourth-order valence-corrected chi connectivity index (χ4v) is 1.09. The molecule has 1 aliphatic heterocycles. The minimum Gasteiger partial charge on any atom is -0.481 e. The molecular weight excluding hydrogens is 210 g/mol. The lowest BCUT2D eigenvalue weighted by Crippen LogP contribution is -2.25. The fourth-order valence-electron chi connectivity index (χ4n) is 1.09. The summed E-state index contributed by atoms with van der Waals surface area (Å²) >= 11 is 0. The zero-order valence-corrected chi connectivity index (χ0v) is 9.75. The molecule has 0 saturated carbocycles. The monoisotopic (exact) mass is 229 g/mol. The first-order valence-electron chi connectivity index (χ1n) is 5.28. The second-order valence-corrected chi connectivity index (χ2v) is 3.60. The van der Waals surface area contributed by atoms with Crippen LogP contribution in [0.4, 0.5) is 0 Å². The van der Waals surface area contributed by atoms with Crippen molar-refractivity contribution in [2.75, 3.05) is 13.6 Å². The number of carboxylic acid groups (broad SMARTS) is 1. The van der Waals surface area contributed by atoms with Gasteiger partial charge in [0.25, 0.3) is 0 Å². The van der Waals surface area contributed by atoms with E-state index in [-0.39, 0.29) is 11.9 Å². The Morgan fingerprint density at radius 3 is 2.44 bits per heavy atom. The molecule has 0 aromatic rings. The average molecular weight is 229 g/mol. The van der Waals surface area contributed by atoms with Gasteiger partial charge in [-0.2, -0.15) is 0 Å². The number of guanidine groups is 1. The summed E-state index contributed by atoms with van der Waals surface area (Å²) in [7, 11) is 1.69. The van der Waals surface area contributed by atoms with E-state index in [1.54, 1.807) is 11.9 Å². The molecule has 6 heteroatoms. The highest BCUT2D eigenvalue weighted by Gasteiger charge is 2.18. The van der Waals surface area contributed by atoms with Crippen LogP contribution in [-0.2, 0) is 9.59 Å². The third-order valence-electron chi connectivity index (χ3n) is 2.01. The van der Waals surface area contributed by atoms with Crippen molar-refractivity contribution in [3.63, 3.8) is 0 Å². The van der Waals surface area contributed by atoms with Crippen LogP contribution in [0.3, 0.4) is 0 Å². The summed E-state index contributed by atoms with van der Waals surface area (Å²) in [5.74, 6) is -0.592. The van der Waals surface area contributed by atoms with Gasteiger partial charge in [-0.05, 0) is 6.42 Å². The van der Waals surface area contributed by atoms with Crippen molar-refractivity contribution in [2.45, 2.75) is 32.6 Å². The first kappa shape index (κ1) is 14.4. The number of hydrogen-bond donors (Lipinski definition) is 3. The van der Waals surface area contributed by atoms with Gasteiger partial charge in [0.2, 0.25) is 5.91 Å². The van der Waals surface area contributed by atoms with E-state index in [4.69, 9.17) is 10.5 Å². The van der Waals surface area contributed by atoms with E-state index < -0.39 is 5.97 Å². The molecule has 0 unspecified atom stereocenters. The average Bonchev–Trinajstić information content (AvgIpc) is 2.45. The number of rotatable bonds is 4. The number of carbonyl (C=O) groups is 2. The Bertz CT molecular complexity index is 266. The quantitative estimate of drug-likeness (QED) is 0.616. The normalized spacial score (nSPS) is 14.2. The van der Waals surface area contributed by atoms with E-state index in [0.717, 1.165) is 19.3 Å². The summed E-state index contributed by atoms with van der Waals surface area (Å²) in [5.41, 5.74) is 0. The predicted octanol–water partition coefficient (Wildman–Crippen LogP) is 0.634. The Hall–Kier alpha value is -1.59. The van der Waals surface area contributed by atoms with Crippen LogP contribution in [0, 0.1) is 5.41 Å². The van der Waals surface area contributed by atoms with Gasteiger partial charge in [0.1, 0.15) is 0 Å². The Kier molecular flexibility index (Phi) is 6.91. The molecule has 1 fully saturated rings. The van der Waals surface area contributed by atoms with Crippen LogP contribution in [0.1, 0.15) is 32.6 Å². The molecule has 1 rings (SSSR count). The molecule has 1 amide bonds. The number of unbranched alkanes of at least 4 members (excludes halogenated alkanes) is 2. The molecule has 0 aromatic heterocycles. The fraction of sp³-hybridized carbons (Fsp3) is 0.700. The number of carboxylic acids is 1. The first-order chi connectivity index (χ1) is 7.47. The predicted molar refractivity (Wildman–Crippen MR) is 60.3 cm³/mol. The van der Waals surface area contributed by atoms with Gasteiger partial charge < -0.3 is 10.0 Å². The number of hydrogen-bond acceptors (Lipinski definition) is 3. The van der Waals surface area contributed by atoms with Crippen molar-refractivity contribution < 1.29 is 14.7 Å². The molecule has 1 saturated heterocycles. The molecule has 6 nitrogen and oxygen atoms in total. The molecule has 0 atom stereocenters. The van der Waals surface area contributed by atoms with Gasteiger partial charge in [0.05, 0.1) is 6.54 Å². The summed E-state index contributed by atoms with van der Waals surface area (Å²) < 4.78 is 0. The molecule has 3 N–H and O–H groups in total. The Morgan fingerprint density at radius 2 is 2.19 bits per heavy atom. The van der Waals surface area contributed by atoms with E-state index in [9.17, 15) is 9.59 Å². The van der Waals surface area contributed by atoms with Crippen LogP contribution in [0.25, 0.3) is 0 Å². The highest BCUT2D eigenvalue weighted by molar-refractivity contribution is 6.02. The van der Waals surface area contributed by atoms with Crippen molar-refractivity contribution in [2.24, 2.45) is 0 Å². The Labute approximate surface area is 95.1 Å². The summed E-state index contributed by atoms with van der Waals surface area (Å²) in [6, 6.07) is 0. The molecule has 0 aromatic carbocycles. The minimum absolute atomic E-state index is 0.0995. The van der Waals surface area contributed by atoms with Crippen molar-refractivity contribution in [1.29, 1.82) is 5.41 Å². The molecule has 92 valence electrons. The summed E-state index contributed by atoms with van der Waals surface area (Å²) in [5, 5.41) is 17.5. The van der Waals surface area contributed by atoms with Crippen molar-refractivity contribution in [1.82, 2.24) is 10.2 Å². The van der Waals surface area contributed by atoms with Gasteiger partial charge in [-0.25, -0.2) is 0 Å². The van der Waals surface area contributed by atoms with Crippen LogP contribution >= 0.6 is 0 Å². The largest absolute Gasteiger partial charge is 0.481 e. The smallest absolute Gasteiger partial charge is 0.303 e. The number of nitrogens with one attached hydrogen (secondary N) is 2. The molecular formula is C10H19N3O3. The van der Waals surface area contributed by atoms with Crippen LogP contribution < -0.4 is 5.32 Å². The van der Waals surface area contributed by atoms with Crippen LogP contribution in [-0.4, -0.2) is 41.4 Å². The van der Waals surface area contributed by atoms with Gasteiger partial charge in [-0.3, -0.25) is 20.3 Å². The number of nitrogens with zero attached hydrogens (tertiary/aromatic N) is 1. The van der Waals surface area contributed by atoms with Crippen molar-refractivity contribution in [3.8, 4) is 0 Å². The van der Waals surface area contributed by atoms with Crippen molar-refractivity contribution >= 4 is 17.8 Å². The van der Waals surface area contributed by atoms with E-state index in [2.05, 4.69) is 12.2 Å². The van der Waals surface area contributed by atoms with E-state index >= 15 is 0 Å². The number of aliphatic carboxylic acids is 1. The summed E-state index contributed by atoms with van der Waals surface area (Å²) in [4.78, 5) is 21.8. The minimum atomic E-state index is -0.682. The highest BCUT2D eigenvalue weighted by atomic mass is 16.4. The third kappa shape index (κ3) is 6.80. The maximum atomic E-state index is 10.4. The summed E-state index contributed by atoms with van der Waals surface area (Å²) in [6.45, 7) is 2.38. The number of likely N-dealkylation sites (N-methyl/N-ethyl adjacent to an activating group) is 1. The maximum Gasteiger partial charge on any atom is 0.303 e. The zero-order valence-electron chi connectivity index (χ0n) is 9.75. The van der Waals surface area contributed by atoms with Crippen LogP contribution in [0.5, 0.6) is 0 Å². The number of carbonyl (C=O) groups excluding carboxylic acids is 1. The molecule has 0 spiro atoms. The molecule has 16 heavy (non-hydrogen) atoms. The molecule has 1 aliphatic rings. The van der Waals surface area contributed by atoms with Gasteiger partial charge in [-0.1, -0.05) is 19.8 Å². The topological polar surface area (TPSA) is 93.5 Å². The van der Waals surface area contributed by atoms with E-state index in [1.807, 2.05) is 0 Å². The SMILES string of the molecule is CCCCCC(=O)O.CN1CC(=O)NC1=N. The van der Waals surface area contributed by atoms with E-state index in [0.29, 0.717) is 13.0 Å². The van der Waals surface area contributed by atoms with Crippen LogP contribution in [0.15, 0.2) is 0 Å². The number of amides is 1. The lowest BCUT2D eigenvalue weighted by atomic mass is 10.2. The first-order valence-corrected chi connectivity index (χ1v) is 5.28. The Balaban J connectivity index is 0.000000281. The lowest BCUT2D eigenvalue weighted by Gasteiger charge is -2.03. The van der Waals surface area contributed by atoms with Crippen LogP contribution in [0.2, 0.25) is 0 Å². The molecule has 0 bridgehead atoms. The third-order valence-corrected chi connectivity index (χ3v) is 2.01. The van der Waals surface area contributed by atoms with Gasteiger partial charge in [-0.15, -0.1) is 0 Å². The van der Waals surface area contributed by atoms with E-state index in [1.165, 1.54) is 0 Å².